The van der Waals surface area contributed by atoms with Gasteiger partial charge in [-0.2, -0.15) is 5.26 Å². The van der Waals surface area contributed by atoms with Crippen LogP contribution in [0.2, 0.25) is 0 Å². The topological polar surface area (TPSA) is 65.9 Å². The van der Waals surface area contributed by atoms with E-state index >= 15 is 0 Å². The number of hydrogen-bond donors (Lipinski definition) is 1. The number of fused-ring (bicyclic) bond motifs is 1. The molecule has 0 bridgehead atoms. The van der Waals surface area contributed by atoms with Gasteiger partial charge in [0, 0.05) is 24.2 Å². The van der Waals surface area contributed by atoms with Crippen LogP contribution < -0.4 is 10.6 Å². The van der Waals surface area contributed by atoms with Crippen LogP contribution in [0, 0.1) is 11.3 Å². The van der Waals surface area contributed by atoms with E-state index in [-0.39, 0.29) is 0 Å². The highest BCUT2D eigenvalue weighted by atomic mass is 15.2. The Balaban J connectivity index is 2.18. The number of aromatic nitrogens is 1. The first-order chi connectivity index (χ1) is 8.78. The molecule has 4 heteroatoms. The molecule has 3 rings (SSSR count). The molecule has 0 aliphatic carbocycles. The van der Waals surface area contributed by atoms with Crippen LogP contribution in [-0.4, -0.2) is 18.1 Å². The van der Waals surface area contributed by atoms with Gasteiger partial charge in [0.25, 0.3) is 0 Å². The average molecular weight is 238 g/mol. The van der Waals surface area contributed by atoms with Crippen LogP contribution in [0.5, 0.6) is 0 Å². The van der Waals surface area contributed by atoms with Gasteiger partial charge in [0.1, 0.15) is 11.9 Å². The van der Waals surface area contributed by atoms with Crippen molar-refractivity contribution < 1.29 is 0 Å². The van der Waals surface area contributed by atoms with Gasteiger partial charge in [0.15, 0.2) is 0 Å². The van der Waals surface area contributed by atoms with E-state index in [1.54, 1.807) is 0 Å². The zero-order valence-electron chi connectivity index (χ0n) is 10.1. The summed E-state index contributed by atoms with van der Waals surface area (Å²) in [6.45, 7) is 1.98. The summed E-state index contributed by atoms with van der Waals surface area (Å²) in [7, 11) is 0. The molecule has 2 aromatic rings. The van der Waals surface area contributed by atoms with Gasteiger partial charge in [-0.15, -0.1) is 0 Å². The van der Waals surface area contributed by atoms with Gasteiger partial charge >= 0.3 is 0 Å². The summed E-state index contributed by atoms with van der Waals surface area (Å²) in [5.41, 5.74) is 7.98. The standard InChI is InChI=1S/C14H14N4/c15-9-11-7-10-8-12(16)3-4-13(10)17-14(11)18-5-1-2-6-18/h3-4,7-8H,1-2,5-6,16H2. The minimum Gasteiger partial charge on any atom is -0.399 e. The maximum absolute atomic E-state index is 9.26. The predicted octanol–water partition coefficient (Wildman–Crippen LogP) is 2.29. The Bertz CT molecular complexity index is 636. The number of nitrogen functional groups attached to an aromatic ring is 1. The molecular formula is C14H14N4. The molecule has 1 aromatic heterocycles. The van der Waals surface area contributed by atoms with Gasteiger partial charge in [-0.25, -0.2) is 4.98 Å². The maximum Gasteiger partial charge on any atom is 0.147 e. The minimum absolute atomic E-state index is 0.634. The van der Waals surface area contributed by atoms with Gasteiger partial charge in [0.2, 0.25) is 0 Å². The predicted molar refractivity (Wildman–Crippen MR) is 72.3 cm³/mol. The van der Waals surface area contributed by atoms with Gasteiger partial charge in [-0.3, -0.25) is 0 Å². The zero-order chi connectivity index (χ0) is 12.5. The fraction of sp³-hybridized carbons (Fsp3) is 0.286. The maximum atomic E-state index is 9.26. The Morgan fingerprint density at radius 3 is 2.72 bits per heavy atom. The third-order valence-electron chi connectivity index (χ3n) is 3.34. The lowest BCUT2D eigenvalue weighted by molar-refractivity contribution is 0.940. The summed E-state index contributed by atoms with van der Waals surface area (Å²) in [6, 6.07) is 9.73. The number of rotatable bonds is 1. The summed E-state index contributed by atoms with van der Waals surface area (Å²) in [5.74, 6) is 0.812. The number of hydrogen-bond acceptors (Lipinski definition) is 4. The van der Waals surface area contributed by atoms with Crippen molar-refractivity contribution in [3.05, 3.63) is 29.8 Å². The van der Waals surface area contributed by atoms with E-state index in [1.807, 2.05) is 24.3 Å². The van der Waals surface area contributed by atoms with Crippen molar-refractivity contribution in [2.75, 3.05) is 23.7 Å². The number of benzene rings is 1. The van der Waals surface area contributed by atoms with E-state index in [9.17, 15) is 5.26 Å². The smallest absolute Gasteiger partial charge is 0.147 e. The molecule has 0 atom stereocenters. The lowest BCUT2D eigenvalue weighted by atomic mass is 10.1. The first-order valence-corrected chi connectivity index (χ1v) is 6.13. The van der Waals surface area contributed by atoms with Crippen LogP contribution in [-0.2, 0) is 0 Å². The highest BCUT2D eigenvalue weighted by Gasteiger charge is 2.18. The molecule has 4 nitrogen and oxygen atoms in total. The summed E-state index contributed by atoms with van der Waals surface area (Å²) < 4.78 is 0. The average Bonchev–Trinajstić information content (AvgIpc) is 2.90. The number of nitrogens with two attached hydrogens (primary N) is 1. The molecule has 0 radical (unpaired) electrons. The Morgan fingerprint density at radius 2 is 2.00 bits per heavy atom. The van der Waals surface area contributed by atoms with Crippen molar-refractivity contribution >= 4 is 22.4 Å². The van der Waals surface area contributed by atoms with Crippen LogP contribution >= 0.6 is 0 Å². The summed E-state index contributed by atoms with van der Waals surface area (Å²) in [4.78, 5) is 6.81. The van der Waals surface area contributed by atoms with Crippen molar-refractivity contribution in [3.63, 3.8) is 0 Å². The van der Waals surface area contributed by atoms with E-state index < -0.39 is 0 Å². The Hall–Kier alpha value is -2.28. The highest BCUT2D eigenvalue weighted by molar-refractivity contribution is 5.85. The first kappa shape index (κ1) is 10.8. The van der Waals surface area contributed by atoms with E-state index in [1.165, 1.54) is 12.8 Å². The third kappa shape index (κ3) is 1.74. The molecule has 1 fully saturated rings. The quantitative estimate of drug-likeness (QED) is 0.774. The molecule has 0 spiro atoms. The second-order valence-electron chi connectivity index (χ2n) is 4.62. The summed E-state index contributed by atoms with van der Waals surface area (Å²) >= 11 is 0. The third-order valence-corrected chi connectivity index (χ3v) is 3.34. The largest absolute Gasteiger partial charge is 0.399 e. The number of nitriles is 1. The number of nitrogens with zero attached hydrogens (tertiary/aromatic N) is 3. The lowest BCUT2D eigenvalue weighted by Crippen LogP contribution is -2.20. The molecular weight excluding hydrogens is 224 g/mol. The minimum atomic E-state index is 0.634. The number of anilines is 2. The monoisotopic (exact) mass is 238 g/mol. The summed E-state index contributed by atoms with van der Waals surface area (Å²) in [6.07, 6.45) is 2.35. The Labute approximate surface area is 106 Å². The van der Waals surface area contributed by atoms with Gasteiger partial charge < -0.3 is 10.6 Å². The van der Waals surface area contributed by atoms with Crippen LogP contribution in [0.1, 0.15) is 18.4 Å². The van der Waals surface area contributed by atoms with Gasteiger partial charge in [-0.1, -0.05) is 0 Å². The molecule has 0 unspecified atom stereocenters. The van der Waals surface area contributed by atoms with Crippen LogP contribution in [0.15, 0.2) is 24.3 Å². The molecule has 0 saturated carbocycles. The van der Waals surface area contributed by atoms with Crippen molar-refractivity contribution in [1.29, 1.82) is 5.26 Å². The molecule has 1 aromatic carbocycles. The fourth-order valence-corrected chi connectivity index (χ4v) is 2.44. The van der Waals surface area contributed by atoms with E-state index in [0.717, 1.165) is 29.8 Å². The molecule has 18 heavy (non-hydrogen) atoms. The molecule has 2 N–H and O–H groups in total. The normalized spacial score (nSPS) is 14.9. The molecule has 1 aliphatic heterocycles. The van der Waals surface area contributed by atoms with Crippen molar-refractivity contribution in [3.8, 4) is 6.07 Å². The second kappa shape index (κ2) is 4.19. The van der Waals surface area contributed by atoms with Gasteiger partial charge in [0.05, 0.1) is 11.1 Å². The van der Waals surface area contributed by atoms with Crippen LogP contribution in [0.3, 0.4) is 0 Å². The fourth-order valence-electron chi connectivity index (χ4n) is 2.44. The Morgan fingerprint density at radius 1 is 1.22 bits per heavy atom. The van der Waals surface area contributed by atoms with E-state index in [2.05, 4.69) is 16.0 Å². The first-order valence-electron chi connectivity index (χ1n) is 6.13. The van der Waals surface area contributed by atoms with E-state index in [0.29, 0.717) is 11.3 Å². The molecule has 1 saturated heterocycles. The molecule has 2 heterocycles. The van der Waals surface area contributed by atoms with Crippen molar-refractivity contribution in [2.45, 2.75) is 12.8 Å². The zero-order valence-corrected chi connectivity index (χ0v) is 10.1. The number of pyridine rings is 1. The van der Waals surface area contributed by atoms with Crippen LogP contribution in [0.4, 0.5) is 11.5 Å². The molecule has 1 aliphatic rings. The SMILES string of the molecule is N#Cc1cc2cc(N)ccc2nc1N1CCCC1. The van der Waals surface area contributed by atoms with Crippen LogP contribution in [0.25, 0.3) is 10.9 Å². The van der Waals surface area contributed by atoms with Crippen molar-refractivity contribution in [1.82, 2.24) is 4.98 Å². The summed E-state index contributed by atoms with van der Waals surface area (Å²) in [5, 5.41) is 10.2. The van der Waals surface area contributed by atoms with Gasteiger partial charge in [-0.05, 0) is 37.1 Å². The highest BCUT2D eigenvalue weighted by Crippen LogP contribution is 2.26. The van der Waals surface area contributed by atoms with E-state index in [4.69, 9.17) is 5.73 Å². The molecule has 90 valence electrons. The molecule has 0 amide bonds. The lowest BCUT2D eigenvalue weighted by Gasteiger charge is -2.18. The Kier molecular flexibility index (Phi) is 2.52. The second-order valence-corrected chi connectivity index (χ2v) is 4.62. The van der Waals surface area contributed by atoms with Crippen molar-refractivity contribution in [2.24, 2.45) is 0 Å².